The van der Waals surface area contributed by atoms with Crippen LogP contribution in [0.5, 0.6) is 0 Å². The molecule has 3 aromatic carbocycles. The Balaban J connectivity index is 1.94. The van der Waals surface area contributed by atoms with Crippen molar-refractivity contribution in [2.24, 2.45) is 0 Å². The van der Waals surface area contributed by atoms with Crippen LogP contribution in [0.25, 0.3) is 10.8 Å². The molecule has 5 nitrogen and oxygen atoms in total. The summed E-state index contributed by atoms with van der Waals surface area (Å²) in [6.07, 6.45) is 0. The maximum absolute atomic E-state index is 12.6. The van der Waals surface area contributed by atoms with E-state index in [1.807, 2.05) is 24.3 Å². The highest BCUT2D eigenvalue weighted by Gasteiger charge is 2.15. The van der Waals surface area contributed by atoms with Gasteiger partial charge < -0.3 is 5.32 Å². The van der Waals surface area contributed by atoms with Crippen molar-refractivity contribution in [2.45, 2.75) is 4.90 Å². The molecule has 0 fully saturated rings. The first-order valence-electron chi connectivity index (χ1n) is 7.33. The molecule has 0 spiro atoms. The number of amides is 1. The average molecular weight is 340 g/mol. The molecule has 2 N–H and O–H groups in total. The number of anilines is 1. The van der Waals surface area contributed by atoms with Crippen LogP contribution < -0.4 is 10.0 Å². The SMILES string of the molecule is CNC(=O)c1cccc(NS(=O)(=O)c2ccc3ccccc3c2)c1. The number of nitrogens with one attached hydrogen (secondary N) is 2. The molecule has 0 aliphatic heterocycles. The van der Waals surface area contributed by atoms with E-state index in [1.165, 1.54) is 13.1 Å². The van der Waals surface area contributed by atoms with Crippen LogP contribution in [0.1, 0.15) is 10.4 Å². The molecule has 122 valence electrons. The predicted molar refractivity (Wildman–Crippen MR) is 94.6 cm³/mol. The molecule has 0 atom stereocenters. The molecule has 0 aliphatic carbocycles. The van der Waals surface area contributed by atoms with Gasteiger partial charge in [-0.1, -0.05) is 36.4 Å². The van der Waals surface area contributed by atoms with Gasteiger partial charge >= 0.3 is 0 Å². The Kier molecular flexibility index (Phi) is 4.22. The number of rotatable bonds is 4. The highest BCUT2D eigenvalue weighted by atomic mass is 32.2. The van der Waals surface area contributed by atoms with E-state index < -0.39 is 10.0 Å². The molecule has 0 unspecified atom stereocenters. The number of hydrogen-bond acceptors (Lipinski definition) is 3. The first kappa shape index (κ1) is 16.0. The largest absolute Gasteiger partial charge is 0.355 e. The molecule has 0 bridgehead atoms. The molecule has 0 saturated heterocycles. The number of benzene rings is 3. The normalized spacial score (nSPS) is 11.2. The van der Waals surface area contributed by atoms with Crippen LogP contribution in [-0.2, 0) is 10.0 Å². The lowest BCUT2D eigenvalue weighted by Gasteiger charge is -2.10. The summed E-state index contributed by atoms with van der Waals surface area (Å²) in [6.45, 7) is 0. The molecule has 0 aliphatic rings. The Bertz CT molecular complexity index is 1010. The molecule has 0 saturated carbocycles. The molecule has 0 heterocycles. The van der Waals surface area contributed by atoms with Crippen molar-refractivity contribution in [1.82, 2.24) is 5.32 Å². The zero-order valence-corrected chi connectivity index (χ0v) is 13.8. The number of carbonyl (C=O) groups is 1. The molecule has 3 rings (SSSR count). The highest BCUT2D eigenvalue weighted by molar-refractivity contribution is 7.92. The standard InChI is InChI=1S/C18H16N2O3S/c1-19-18(21)15-7-4-8-16(11-15)20-24(22,23)17-10-9-13-5-2-3-6-14(13)12-17/h2-12,20H,1H3,(H,19,21). The summed E-state index contributed by atoms with van der Waals surface area (Å²) in [5.74, 6) is -0.276. The fourth-order valence-corrected chi connectivity index (χ4v) is 3.50. The maximum atomic E-state index is 12.6. The number of sulfonamides is 1. The van der Waals surface area contributed by atoms with E-state index in [1.54, 1.807) is 36.4 Å². The third-order valence-corrected chi connectivity index (χ3v) is 5.01. The first-order valence-corrected chi connectivity index (χ1v) is 8.82. The predicted octanol–water partition coefficient (Wildman–Crippen LogP) is 3.00. The van der Waals surface area contributed by atoms with E-state index in [2.05, 4.69) is 10.0 Å². The molecule has 3 aromatic rings. The van der Waals surface area contributed by atoms with Crippen LogP contribution in [0.15, 0.2) is 71.6 Å². The lowest BCUT2D eigenvalue weighted by molar-refractivity contribution is 0.0963. The van der Waals surface area contributed by atoms with Gasteiger partial charge in [0.2, 0.25) is 0 Å². The lowest BCUT2D eigenvalue weighted by atomic mass is 10.1. The zero-order valence-electron chi connectivity index (χ0n) is 13.0. The molecule has 6 heteroatoms. The van der Waals surface area contributed by atoms with Gasteiger partial charge in [0.05, 0.1) is 4.90 Å². The monoisotopic (exact) mass is 340 g/mol. The van der Waals surface area contributed by atoms with Crippen molar-refractivity contribution in [1.29, 1.82) is 0 Å². The minimum absolute atomic E-state index is 0.173. The van der Waals surface area contributed by atoms with Crippen LogP contribution in [0.4, 0.5) is 5.69 Å². The van der Waals surface area contributed by atoms with Gasteiger partial charge in [0.15, 0.2) is 0 Å². The van der Waals surface area contributed by atoms with Crippen molar-refractivity contribution in [3.63, 3.8) is 0 Å². The van der Waals surface area contributed by atoms with E-state index in [-0.39, 0.29) is 10.8 Å². The fourth-order valence-electron chi connectivity index (χ4n) is 2.42. The third-order valence-electron chi connectivity index (χ3n) is 3.64. The van der Waals surface area contributed by atoms with Gasteiger partial charge in [-0.25, -0.2) is 8.42 Å². The van der Waals surface area contributed by atoms with Crippen molar-refractivity contribution < 1.29 is 13.2 Å². The maximum Gasteiger partial charge on any atom is 0.261 e. The second-order valence-electron chi connectivity index (χ2n) is 5.27. The minimum Gasteiger partial charge on any atom is -0.355 e. The quantitative estimate of drug-likeness (QED) is 0.767. The minimum atomic E-state index is -3.74. The van der Waals surface area contributed by atoms with Gasteiger partial charge in [-0.15, -0.1) is 0 Å². The third kappa shape index (κ3) is 3.23. The first-order chi connectivity index (χ1) is 11.5. The molecular weight excluding hydrogens is 324 g/mol. The lowest BCUT2D eigenvalue weighted by Crippen LogP contribution is -2.18. The van der Waals surface area contributed by atoms with Crippen molar-refractivity contribution >= 4 is 32.4 Å². The van der Waals surface area contributed by atoms with Crippen LogP contribution >= 0.6 is 0 Å². The van der Waals surface area contributed by atoms with E-state index in [0.717, 1.165) is 10.8 Å². The van der Waals surface area contributed by atoms with Gasteiger partial charge in [-0.3, -0.25) is 9.52 Å². The van der Waals surface area contributed by atoms with Crippen LogP contribution in [0.3, 0.4) is 0 Å². The van der Waals surface area contributed by atoms with E-state index in [9.17, 15) is 13.2 Å². The number of carbonyl (C=O) groups excluding carboxylic acids is 1. The Morgan fingerprint density at radius 3 is 2.38 bits per heavy atom. The van der Waals surface area contributed by atoms with Gasteiger partial charge in [-0.2, -0.15) is 0 Å². The van der Waals surface area contributed by atoms with E-state index >= 15 is 0 Å². The summed E-state index contributed by atoms with van der Waals surface area (Å²) < 4.78 is 27.7. The molecule has 0 aromatic heterocycles. The van der Waals surface area contributed by atoms with Gasteiger partial charge in [0, 0.05) is 18.3 Å². The summed E-state index contributed by atoms with van der Waals surface area (Å²) in [7, 11) is -2.21. The summed E-state index contributed by atoms with van der Waals surface area (Å²) in [5.41, 5.74) is 0.723. The van der Waals surface area contributed by atoms with Crippen LogP contribution in [0.2, 0.25) is 0 Å². The Labute approximate surface area is 140 Å². The van der Waals surface area contributed by atoms with Crippen LogP contribution in [-0.4, -0.2) is 21.4 Å². The Morgan fingerprint density at radius 1 is 0.875 bits per heavy atom. The average Bonchev–Trinajstić information content (AvgIpc) is 2.60. The summed E-state index contributed by atoms with van der Waals surface area (Å²) in [5, 5.41) is 4.32. The second kappa shape index (κ2) is 6.33. The molecule has 24 heavy (non-hydrogen) atoms. The van der Waals surface area contributed by atoms with Gasteiger partial charge in [0.25, 0.3) is 15.9 Å². The zero-order chi connectivity index (χ0) is 17.2. The Morgan fingerprint density at radius 2 is 1.62 bits per heavy atom. The molecule has 0 radical (unpaired) electrons. The topological polar surface area (TPSA) is 75.3 Å². The number of hydrogen-bond donors (Lipinski definition) is 2. The second-order valence-corrected chi connectivity index (χ2v) is 6.96. The van der Waals surface area contributed by atoms with Gasteiger partial charge in [0.1, 0.15) is 0 Å². The van der Waals surface area contributed by atoms with Crippen molar-refractivity contribution in [3.05, 3.63) is 72.3 Å². The summed E-state index contributed by atoms with van der Waals surface area (Å²) >= 11 is 0. The molecular formula is C18H16N2O3S. The fraction of sp³-hybridized carbons (Fsp3) is 0.0556. The van der Waals surface area contributed by atoms with Crippen LogP contribution in [0, 0.1) is 0 Å². The summed E-state index contributed by atoms with van der Waals surface area (Å²) in [4.78, 5) is 11.8. The molecule has 1 amide bonds. The highest BCUT2D eigenvalue weighted by Crippen LogP contribution is 2.21. The summed E-state index contributed by atoms with van der Waals surface area (Å²) in [6, 6.07) is 18.8. The van der Waals surface area contributed by atoms with Crippen molar-refractivity contribution in [2.75, 3.05) is 11.8 Å². The van der Waals surface area contributed by atoms with Crippen molar-refractivity contribution in [3.8, 4) is 0 Å². The van der Waals surface area contributed by atoms with Gasteiger partial charge in [-0.05, 0) is 41.1 Å². The smallest absolute Gasteiger partial charge is 0.261 e. The Hall–Kier alpha value is -2.86. The number of fused-ring (bicyclic) bond motifs is 1. The van der Waals surface area contributed by atoms with E-state index in [0.29, 0.717) is 11.3 Å². The van der Waals surface area contributed by atoms with E-state index in [4.69, 9.17) is 0 Å².